The smallest absolute Gasteiger partial charge is 0.225 e. The summed E-state index contributed by atoms with van der Waals surface area (Å²) in [6.07, 6.45) is 6.77. The minimum Gasteiger partial charge on any atom is -0.495 e. The average Bonchev–Trinajstić information content (AvgIpc) is 2.91. The Kier molecular flexibility index (Phi) is 4.90. The number of allylic oxidation sites excluding steroid dienone is 2. The third-order valence-electron chi connectivity index (χ3n) is 3.31. The molecule has 20 heavy (non-hydrogen) atoms. The van der Waals surface area contributed by atoms with E-state index in [4.69, 9.17) is 21.1 Å². The summed E-state index contributed by atoms with van der Waals surface area (Å²) in [4.78, 5) is 12.0. The first-order valence-corrected chi connectivity index (χ1v) is 6.90. The maximum atomic E-state index is 12.0. The number of nitrogens with one attached hydrogen (secondary N) is 1. The fourth-order valence-corrected chi connectivity index (χ4v) is 2.50. The Labute approximate surface area is 123 Å². The molecule has 1 aromatic rings. The molecular formula is C15H18ClNO3. The normalized spacial score (nSPS) is 17.1. The second-order valence-corrected chi connectivity index (χ2v) is 5.11. The van der Waals surface area contributed by atoms with Gasteiger partial charge in [-0.05, 0) is 24.8 Å². The lowest BCUT2D eigenvalue weighted by Crippen LogP contribution is -2.15. The third-order valence-corrected chi connectivity index (χ3v) is 3.60. The molecule has 1 atom stereocenters. The zero-order valence-electron chi connectivity index (χ0n) is 11.6. The van der Waals surface area contributed by atoms with Crippen LogP contribution in [0.1, 0.15) is 19.3 Å². The van der Waals surface area contributed by atoms with Crippen LogP contribution in [-0.2, 0) is 4.79 Å². The van der Waals surface area contributed by atoms with Crippen molar-refractivity contribution in [3.8, 4) is 11.5 Å². The molecule has 1 aromatic carbocycles. The number of anilines is 1. The first-order valence-electron chi connectivity index (χ1n) is 6.52. The Balaban J connectivity index is 2.09. The van der Waals surface area contributed by atoms with Crippen LogP contribution < -0.4 is 14.8 Å². The van der Waals surface area contributed by atoms with Crippen LogP contribution in [0.5, 0.6) is 11.5 Å². The Morgan fingerprint density at radius 2 is 2.10 bits per heavy atom. The molecule has 0 aliphatic heterocycles. The quantitative estimate of drug-likeness (QED) is 0.844. The number of hydrogen-bond acceptors (Lipinski definition) is 3. The molecule has 0 unspecified atom stereocenters. The van der Waals surface area contributed by atoms with Crippen LogP contribution in [-0.4, -0.2) is 20.1 Å². The number of ether oxygens (including phenoxy) is 2. The fourth-order valence-electron chi connectivity index (χ4n) is 2.26. The largest absolute Gasteiger partial charge is 0.495 e. The molecule has 1 amide bonds. The minimum atomic E-state index is -0.0407. The van der Waals surface area contributed by atoms with E-state index in [-0.39, 0.29) is 5.91 Å². The predicted molar refractivity (Wildman–Crippen MR) is 79.7 cm³/mol. The Morgan fingerprint density at radius 3 is 2.70 bits per heavy atom. The van der Waals surface area contributed by atoms with Crippen molar-refractivity contribution < 1.29 is 14.3 Å². The molecule has 1 aliphatic rings. The van der Waals surface area contributed by atoms with Gasteiger partial charge in [0.2, 0.25) is 5.91 Å². The van der Waals surface area contributed by atoms with E-state index in [1.807, 2.05) is 0 Å². The van der Waals surface area contributed by atoms with Gasteiger partial charge in [0, 0.05) is 12.5 Å². The summed E-state index contributed by atoms with van der Waals surface area (Å²) in [5.41, 5.74) is 0.560. The van der Waals surface area contributed by atoms with Crippen molar-refractivity contribution in [3.63, 3.8) is 0 Å². The highest BCUT2D eigenvalue weighted by Crippen LogP contribution is 2.36. The number of amides is 1. The van der Waals surface area contributed by atoms with E-state index in [2.05, 4.69) is 17.5 Å². The fraction of sp³-hybridized carbons (Fsp3) is 0.400. The lowest BCUT2D eigenvalue weighted by Gasteiger charge is -2.14. The molecule has 108 valence electrons. The lowest BCUT2D eigenvalue weighted by molar-refractivity contribution is -0.116. The Morgan fingerprint density at radius 1 is 1.35 bits per heavy atom. The van der Waals surface area contributed by atoms with Crippen molar-refractivity contribution in [1.82, 2.24) is 0 Å². The molecule has 0 heterocycles. The van der Waals surface area contributed by atoms with E-state index >= 15 is 0 Å². The van der Waals surface area contributed by atoms with Gasteiger partial charge >= 0.3 is 0 Å². The van der Waals surface area contributed by atoms with Crippen molar-refractivity contribution in [2.75, 3.05) is 19.5 Å². The van der Waals surface area contributed by atoms with E-state index in [9.17, 15) is 4.79 Å². The molecule has 0 spiro atoms. The minimum absolute atomic E-state index is 0.0407. The van der Waals surface area contributed by atoms with E-state index in [0.29, 0.717) is 34.5 Å². The molecule has 0 aromatic heterocycles. The van der Waals surface area contributed by atoms with E-state index in [1.54, 1.807) is 12.1 Å². The molecule has 0 fully saturated rings. The summed E-state index contributed by atoms with van der Waals surface area (Å²) in [5.74, 6) is 1.33. The SMILES string of the molecule is COc1cc(OC)c(NC(=O)C[C@@H]2C=CCC2)cc1Cl. The van der Waals surface area contributed by atoms with Gasteiger partial charge in [0.15, 0.2) is 0 Å². The summed E-state index contributed by atoms with van der Waals surface area (Å²) in [6, 6.07) is 3.30. The van der Waals surface area contributed by atoms with Crippen molar-refractivity contribution in [2.45, 2.75) is 19.3 Å². The topological polar surface area (TPSA) is 47.6 Å². The number of halogens is 1. The zero-order chi connectivity index (χ0) is 14.5. The maximum Gasteiger partial charge on any atom is 0.225 e. The number of carbonyl (C=O) groups is 1. The van der Waals surface area contributed by atoms with E-state index < -0.39 is 0 Å². The second-order valence-electron chi connectivity index (χ2n) is 4.70. The Bertz CT molecular complexity index is 528. The summed E-state index contributed by atoms with van der Waals surface area (Å²) in [7, 11) is 3.07. The molecule has 5 heteroatoms. The monoisotopic (exact) mass is 295 g/mol. The summed E-state index contributed by atoms with van der Waals surface area (Å²) in [6.45, 7) is 0. The first kappa shape index (κ1) is 14.7. The van der Waals surface area contributed by atoms with Gasteiger partial charge in [0.1, 0.15) is 11.5 Å². The van der Waals surface area contributed by atoms with Gasteiger partial charge in [-0.25, -0.2) is 0 Å². The molecule has 0 radical (unpaired) electrons. The molecule has 1 aliphatic carbocycles. The predicted octanol–water partition coefficient (Wildman–Crippen LogP) is 3.65. The summed E-state index contributed by atoms with van der Waals surface area (Å²) >= 11 is 6.07. The van der Waals surface area contributed by atoms with Crippen LogP contribution in [0.25, 0.3) is 0 Å². The molecule has 0 saturated carbocycles. The number of hydrogen-bond donors (Lipinski definition) is 1. The van der Waals surface area contributed by atoms with Crippen LogP contribution in [0.2, 0.25) is 5.02 Å². The highest BCUT2D eigenvalue weighted by molar-refractivity contribution is 6.32. The van der Waals surface area contributed by atoms with Gasteiger partial charge in [0.25, 0.3) is 0 Å². The van der Waals surface area contributed by atoms with Gasteiger partial charge in [-0.2, -0.15) is 0 Å². The average molecular weight is 296 g/mol. The van der Waals surface area contributed by atoms with Crippen molar-refractivity contribution in [3.05, 3.63) is 29.3 Å². The van der Waals surface area contributed by atoms with E-state index in [0.717, 1.165) is 12.8 Å². The number of rotatable bonds is 5. The van der Waals surface area contributed by atoms with Gasteiger partial charge < -0.3 is 14.8 Å². The van der Waals surface area contributed by atoms with Crippen LogP contribution in [0.4, 0.5) is 5.69 Å². The van der Waals surface area contributed by atoms with Crippen LogP contribution in [0.3, 0.4) is 0 Å². The van der Waals surface area contributed by atoms with Gasteiger partial charge in [-0.1, -0.05) is 23.8 Å². The molecule has 4 nitrogen and oxygen atoms in total. The highest BCUT2D eigenvalue weighted by atomic mass is 35.5. The molecule has 0 bridgehead atoms. The molecule has 0 saturated heterocycles. The lowest BCUT2D eigenvalue weighted by atomic mass is 10.1. The van der Waals surface area contributed by atoms with Crippen LogP contribution in [0, 0.1) is 5.92 Å². The molecule has 2 rings (SSSR count). The van der Waals surface area contributed by atoms with Crippen LogP contribution >= 0.6 is 11.6 Å². The van der Waals surface area contributed by atoms with Gasteiger partial charge in [0.05, 0.1) is 24.9 Å². The summed E-state index contributed by atoms with van der Waals surface area (Å²) in [5, 5.41) is 3.28. The van der Waals surface area contributed by atoms with Crippen molar-refractivity contribution in [2.24, 2.45) is 5.92 Å². The third kappa shape index (κ3) is 3.45. The van der Waals surface area contributed by atoms with Crippen molar-refractivity contribution >= 4 is 23.2 Å². The second kappa shape index (κ2) is 6.66. The van der Waals surface area contributed by atoms with Gasteiger partial charge in [-0.3, -0.25) is 4.79 Å². The highest BCUT2D eigenvalue weighted by Gasteiger charge is 2.16. The van der Waals surface area contributed by atoms with E-state index in [1.165, 1.54) is 14.2 Å². The zero-order valence-corrected chi connectivity index (χ0v) is 12.4. The van der Waals surface area contributed by atoms with Gasteiger partial charge in [-0.15, -0.1) is 0 Å². The van der Waals surface area contributed by atoms with Crippen LogP contribution in [0.15, 0.2) is 24.3 Å². The number of methoxy groups -OCH3 is 2. The molecular weight excluding hydrogens is 278 g/mol. The Hall–Kier alpha value is -1.68. The first-order chi connectivity index (χ1) is 9.63. The maximum absolute atomic E-state index is 12.0. The standard InChI is InChI=1S/C15H18ClNO3/c1-19-13-9-14(20-2)12(8-11(13)16)17-15(18)7-10-5-3-4-6-10/h3,5,8-10H,4,6-7H2,1-2H3,(H,17,18)/t10-/m1/s1. The molecule has 1 N–H and O–H groups in total. The summed E-state index contributed by atoms with van der Waals surface area (Å²) < 4.78 is 10.4. The van der Waals surface area contributed by atoms with Crippen molar-refractivity contribution in [1.29, 1.82) is 0 Å². The number of benzene rings is 1. The number of carbonyl (C=O) groups excluding carboxylic acids is 1.